The van der Waals surface area contributed by atoms with E-state index in [1.54, 1.807) is 19.2 Å². The van der Waals surface area contributed by atoms with E-state index in [2.05, 4.69) is 9.88 Å². The zero-order chi connectivity index (χ0) is 24.6. The van der Waals surface area contributed by atoms with Crippen molar-refractivity contribution in [3.8, 4) is 12.1 Å². The van der Waals surface area contributed by atoms with E-state index >= 15 is 0 Å². The summed E-state index contributed by atoms with van der Waals surface area (Å²) in [6, 6.07) is 12.4. The van der Waals surface area contributed by atoms with E-state index in [-0.39, 0.29) is 17.3 Å². The second-order valence-electron chi connectivity index (χ2n) is 8.34. The minimum absolute atomic E-state index is 0.0453. The van der Waals surface area contributed by atoms with Crippen LogP contribution in [-0.4, -0.2) is 40.1 Å². The van der Waals surface area contributed by atoms with Crippen molar-refractivity contribution in [2.75, 3.05) is 24.5 Å². The minimum atomic E-state index is -4.40. The number of anilines is 1. The molecular formula is C24H21F3N6O. The lowest BCUT2D eigenvalue weighted by molar-refractivity contribution is -0.137. The van der Waals surface area contributed by atoms with Crippen LogP contribution in [0.15, 0.2) is 41.2 Å². The molecule has 1 fully saturated rings. The Morgan fingerprint density at radius 1 is 1.15 bits per heavy atom. The van der Waals surface area contributed by atoms with E-state index in [1.807, 2.05) is 24.0 Å². The highest BCUT2D eigenvalue weighted by molar-refractivity contribution is 5.92. The van der Waals surface area contributed by atoms with Crippen LogP contribution in [0.25, 0.3) is 11.0 Å². The van der Waals surface area contributed by atoms with Gasteiger partial charge in [-0.15, -0.1) is 0 Å². The van der Waals surface area contributed by atoms with Crippen LogP contribution < -0.4 is 10.5 Å². The van der Waals surface area contributed by atoms with E-state index in [1.165, 1.54) is 16.7 Å². The van der Waals surface area contributed by atoms with Crippen molar-refractivity contribution in [3.63, 3.8) is 0 Å². The van der Waals surface area contributed by atoms with Crippen LogP contribution in [0.4, 0.5) is 18.9 Å². The Balaban J connectivity index is 1.66. The largest absolute Gasteiger partial charge is 0.416 e. The molecular weight excluding hydrogens is 445 g/mol. The number of aromatic nitrogens is 2. The SMILES string of the molecule is C[C@@H]1CN(c2c(C#N)c(=O)n(C)c3ccc(C#N)nc23)CCN1Cc1cccc(C(F)(F)F)c1. The van der Waals surface area contributed by atoms with Crippen molar-refractivity contribution < 1.29 is 13.2 Å². The summed E-state index contributed by atoms with van der Waals surface area (Å²) in [7, 11) is 1.55. The van der Waals surface area contributed by atoms with Gasteiger partial charge in [-0.1, -0.05) is 18.2 Å². The maximum Gasteiger partial charge on any atom is 0.416 e. The van der Waals surface area contributed by atoms with Crippen molar-refractivity contribution in [1.82, 2.24) is 14.5 Å². The van der Waals surface area contributed by atoms with Crippen LogP contribution >= 0.6 is 0 Å². The van der Waals surface area contributed by atoms with Crippen molar-refractivity contribution >= 4 is 16.7 Å². The summed E-state index contributed by atoms with van der Waals surface area (Å²) < 4.78 is 40.6. The van der Waals surface area contributed by atoms with Crippen LogP contribution in [0.3, 0.4) is 0 Å². The van der Waals surface area contributed by atoms with Gasteiger partial charge in [0, 0.05) is 39.3 Å². The third-order valence-electron chi connectivity index (χ3n) is 6.16. The Morgan fingerprint density at radius 2 is 1.91 bits per heavy atom. The molecule has 1 aliphatic heterocycles. The first-order valence-corrected chi connectivity index (χ1v) is 10.6. The Hall–Kier alpha value is -3.89. The number of piperazine rings is 1. The summed E-state index contributed by atoms with van der Waals surface area (Å²) in [5.41, 5.74) is 0.865. The van der Waals surface area contributed by atoms with Gasteiger partial charge in [-0.05, 0) is 30.7 Å². The molecule has 0 N–H and O–H groups in total. The van der Waals surface area contributed by atoms with Crippen LogP contribution in [0.1, 0.15) is 29.3 Å². The molecule has 1 aliphatic rings. The van der Waals surface area contributed by atoms with Crippen LogP contribution in [0.5, 0.6) is 0 Å². The summed E-state index contributed by atoms with van der Waals surface area (Å²) in [6.45, 7) is 3.69. The molecule has 174 valence electrons. The number of aryl methyl sites for hydroxylation is 1. The van der Waals surface area contributed by atoms with Gasteiger partial charge in [0.25, 0.3) is 5.56 Å². The number of benzene rings is 1. The maximum atomic E-state index is 13.1. The molecule has 10 heteroatoms. The number of nitriles is 2. The van der Waals surface area contributed by atoms with Gasteiger partial charge in [0.1, 0.15) is 28.9 Å². The number of pyridine rings is 2. The standard InChI is InChI=1S/C24H21F3N6O/c1-15-13-33(9-8-32(15)14-16-4-3-5-17(10-16)24(25,26)27)22-19(12-29)23(34)31(2)20-7-6-18(11-28)30-21(20)22/h3-7,10,15H,8-9,13-14H2,1-2H3/t15-/m1/s1. The smallest absolute Gasteiger partial charge is 0.366 e. The molecule has 0 aliphatic carbocycles. The number of halogens is 3. The summed E-state index contributed by atoms with van der Waals surface area (Å²) in [5, 5.41) is 19.1. The molecule has 0 amide bonds. The summed E-state index contributed by atoms with van der Waals surface area (Å²) in [6.07, 6.45) is -4.40. The lowest BCUT2D eigenvalue weighted by Gasteiger charge is -2.41. The number of rotatable bonds is 3. The quantitative estimate of drug-likeness (QED) is 0.588. The first-order chi connectivity index (χ1) is 16.1. The van der Waals surface area contributed by atoms with Gasteiger partial charge >= 0.3 is 6.18 Å². The second kappa shape index (κ2) is 8.81. The van der Waals surface area contributed by atoms with E-state index in [0.29, 0.717) is 48.5 Å². The molecule has 0 radical (unpaired) electrons. The van der Waals surface area contributed by atoms with Gasteiger partial charge in [0.15, 0.2) is 0 Å². The van der Waals surface area contributed by atoms with Crippen molar-refractivity contribution in [2.45, 2.75) is 25.7 Å². The fourth-order valence-corrected chi connectivity index (χ4v) is 4.38. The van der Waals surface area contributed by atoms with E-state index in [0.717, 1.165) is 12.1 Å². The van der Waals surface area contributed by atoms with Gasteiger partial charge < -0.3 is 9.47 Å². The number of hydrogen-bond donors (Lipinski definition) is 0. The van der Waals surface area contributed by atoms with Crippen molar-refractivity contribution in [1.29, 1.82) is 10.5 Å². The predicted octanol–water partition coefficient (Wildman–Crippen LogP) is 3.41. The van der Waals surface area contributed by atoms with Crippen LogP contribution in [0.2, 0.25) is 0 Å². The Kier molecular flexibility index (Phi) is 6.03. The number of alkyl halides is 3. The predicted molar refractivity (Wildman–Crippen MR) is 120 cm³/mol. The van der Waals surface area contributed by atoms with E-state index < -0.39 is 17.3 Å². The highest BCUT2D eigenvalue weighted by Gasteiger charge is 2.32. The van der Waals surface area contributed by atoms with Gasteiger partial charge in [-0.25, -0.2) is 4.98 Å². The summed E-state index contributed by atoms with van der Waals surface area (Å²) in [5.74, 6) is 0. The molecule has 0 saturated carbocycles. The first kappa shape index (κ1) is 23.3. The zero-order valence-electron chi connectivity index (χ0n) is 18.6. The molecule has 0 bridgehead atoms. The molecule has 2 aromatic heterocycles. The van der Waals surface area contributed by atoms with Crippen LogP contribution in [0, 0.1) is 22.7 Å². The fraction of sp³-hybridized carbons (Fsp3) is 0.333. The number of hydrogen-bond acceptors (Lipinski definition) is 6. The minimum Gasteiger partial charge on any atom is -0.366 e. The molecule has 1 saturated heterocycles. The first-order valence-electron chi connectivity index (χ1n) is 10.6. The number of fused-ring (bicyclic) bond motifs is 1. The maximum absolute atomic E-state index is 13.1. The highest BCUT2D eigenvalue weighted by atomic mass is 19.4. The topological polar surface area (TPSA) is 88.9 Å². The van der Waals surface area contributed by atoms with E-state index in [4.69, 9.17) is 0 Å². The Morgan fingerprint density at radius 3 is 2.56 bits per heavy atom. The van der Waals surface area contributed by atoms with Gasteiger partial charge in [0.05, 0.1) is 16.8 Å². The average molecular weight is 466 g/mol. The zero-order valence-corrected chi connectivity index (χ0v) is 18.6. The fourth-order valence-electron chi connectivity index (χ4n) is 4.38. The van der Waals surface area contributed by atoms with Gasteiger partial charge in [0.2, 0.25) is 0 Å². The van der Waals surface area contributed by atoms with Crippen molar-refractivity contribution in [3.05, 3.63) is 69.1 Å². The van der Waals surface area contributed by atoms with E-state index in [9.17, 15) is 28.5 Å². The third-order valence-corrected chi connectivity index (χ3v) is 6.16. The van der Waals surface area contributed by atoms with Crippen molar-refractivity contribution in [2.24, 2.45) is 7.05 Å². The molecule has 3 aromatic rings. The monoisotopic (exact) mass is 466 g/mol. The molecule has 0 spiro atoms. The molecule has 0 unspecified atom stereocenters. The summed E-state index contributed by atoms with van der Waals surface area (Å²) in [4.78, 5) is 21.2. The van der Waals surface area contributed by atoms with Gasteiger partial charge in [-0.3, -0.25) is 9.69 Å². The van der Waals surface area contributed by atoms with Gasteiger partial charge in [-0.2, -0.15) is 23.7 Å². The molecule has 1 atom stereocenters. The highest BCUT2D eigenvalue weighted by Crippen LogP contribution is 2.31. The average Bonchev–Trinajstić information content (AvgIpc) is 2.81. The Bertz CT molecular complexity index is 1400. The lowest BCUT2D eigenvalue weighted by atomic mass is 10.1. The Labute approximate surface area is 193 Å². The molecule has 3 heterocycles. The normalized spacial score (nSPS) is 16.9. The van der Waals surface area contributed by atoms with Crippen LogP contribution in [-0.2, 0) is 19.8 Å². The molecule has 4 rings (SSSR count). The molecule has 7 nitrogen and oxygen atoms in total. The summed E-state index contributed by atoms with van der Waals surface area (Å²) >= 11 is 0. The number of nitrogens with zero attached hydrogens (tertiary/aromatic N) is 6. The second-order valence-corrected chi connectivity index (χ2v) is 8.34. The lowest BCUT2D eigenvalue weighted by Crippen LogP contribution is -2.52. The molecule has 1 aromatic carbocycles. The third kappa shape index (κ3) is 4.20. The molecule has 34 heavy (non-hydrogen) atoms.